The molecule has 0 aliphatic heterocycles. The van der Waals surface area contributed by atoms with Crippen LogP contribution < -0.4 is 11.5 Å². The molecule has 2 aromatic rings. The second-order valence-corrected chi connectivity index (χ2v) is 6.41. The normalized spacial score (nSPS) is 13.9. The van der Waals surface area contributed by atoms with Crippen LogP contribution in [-0.4, -0.2) is 27.0 Å². The monoisotopic (exact) mass is 320 g/mol. The molecule has 0 saturated heterocycles. The maximum Gasteiger partial charge on any atom is 0.222 e. The molecular weight excluding hydrogens is 300 g/mol. The van der Waals surface area contributed by atoms with Gasteiger partial charge in [0.25, 0.3) is 0 Å². The zero-order chi connectivity index (χ0) is 16.1. The molecule has 2 amide bonds. The van der Waals surface area contributed by atoms with Gasteiger partial charge in [-0.25, -0.2) is 4.98 Å². The van der Waals surface area contributed by atoms with E-state index in [-0.39, 0.29) is 11.7 Å². The molecule has 0 spiro atoms. The van der Waals surface area contributed by atoms with Gasteiger partial charge in [0.1, 0.15) is 0 Å². The molecule has 1 aromatic carbocycles. The molecule has 1 aromatic heterocycles. The summed E-state index contributed by atoms with van der Waals surface area (Å²) >= 11 is 1.44. The van der Waals surface area contributed by atoms with Gasteiger partial charge in [-0.15, -0.1) is 0 Å². The molecule has 118 valence electrons. The third kappa shape index (κ3) is 4.00. The maximum atomic E-state index is 11.7. The molecule has 2 rings (SSSR count). The van der Waals surface area contributed by atoms with Crippen molar-refractivity contribution in [3.63, 3.8) is 0 Å². The number of benzene rings is 1. The summed E-state index contributed by atoms with van der Waals surface area (Å²) in [7, 11) is 0. The summed E-state index contributed by atoms with van der Waals surface area (Å²) in [5, 5.41) is 0.589. The fourth-order valence-corrected chi connectivity index (χ4v) is 3.74. The summed E-state index contributed by atoms with van der Waals surface area (Å²) in [4.78, 5) is 30.6. The summed E-state index contributed by atoms with van der Waals surface area (Å²) in [5.41, 5.74) is 12.5. The lowest BCUT2D eigenvalue weighted by molar-refractivity contribution is -0.127. The second kappa shape index (κ2) is 7.31. The van der Waals surface area contributed by atoms with E-state index in [1.807, 2.05) is 31.2 Å². The average Bonchev–Trinajstić information content (AvgIpc) is 2.86. The summed E-state index contributed by atoms with van der Waals surface area (Å²) in [5.74, 6) is -1.60. The van der Waals surface area contributed by atoms with E-state index in [9.17, 15) is 9.59 Å². The Morgan fingerprint density at radius 3 is 2.64 bits per heavy atom. The third-order valence-electron chi connectivity index (χ3n) is 3.44. The minimum atomic E-state index is -0.587. The van der Waals surface area contributed by atoms with E-state index in [1.165, 1.54) is 11.8 Å². The molecule has 2 unspecified atom stereocenters. The van der Waals surface area contributed by atoms with Crippen LogP contribution in [0.25, 0.3) is 11.0 Å². The smallest absolute Gasteiger partial charge is 0.222 e. The largest absolute Gasteiger partial charge is 0.370 e. The molecule has 0 bridgehead atoms. The first-order chi connectivity index (χ1) is 10.5. The molecule has 0 fully saturated rings. The van der Waals surface area contributed by atoms with Crippen molar-refractivity contribution in [1.29, 1.82) is 0 Å². The van der Waals surface area contributed by atoms with Crippen LogP contribution in [0.2, 0.25) is 0 Å². The lowest BCUT2D eigenvalue weighted by Gasteiger charge is -2.22. The van der Waals surface area contributed by atoms with E-state index in [2.05, 4.69) is 9.97 Å². The number of imidazole rings is 1. The molecular formula is C15H20N4O2S. The standard InChI is InChI=1S/C15H20N4O2S/c1-2-5-12(9(14(17)21)8-13(16)20)22-15-18-10-6-3-4-7-11(10)19-15/h3-4,6-7,9,12H,2,5,8H2,1H3,(H2,16,20)(H2,17,21)(H,18,19). The minimum Gasteiger partial charge on any atom is -0.370 e. The molecule has 6 nitrogen and oxygen atoms in total. The van der Waals surface area contributed by atoms with Crippen LogP contribution >= 0.6 is 11.8 Å². The van der Waals surface area contributed by atoms with Crippen LogP contribution in [0, 0.1) is 5.92 Å². The van der Waals surface area contributed by atoms with Crippen molar-refractivity contribution < 1.29 is 9.59 Å². The van der Waals surface area contributed by atoms with Crippen molar-refractivity contribution in [3.05, 3.63) is 24.3 Å². The number of rotatable bonds is 8. The first-order valence-electron chi connectivity index (χ1n) is 7.20. The Hall–Kier alpha value is -2.02. The fourth-order valence-electron chi connectivity index (χ4n) is 2.39. The Labute approximate surface area is 133 Å². The van der Waals surface area contributed by atoms with Crippen molar-refractivity contribution in [3.8, 4) is 0 Å². The summed E-state index contributed by atoms with van der Waals surface area (Å²) in [6.45, 7) is 2.02. The highest BCUT2D eigenvalue weighted by Crippen LogP contribution is 2.32. The van der Waals surface area contributed by atoms with Crippen molar-refractivity contribution in [1.82, 2.24) is 9.97 Å². The van der Waals surface area contributed by atoms with Crippen LogP contribution in [0.3, 0.4) is 0 Å². The predicted octanol–water partition coefficient (Wildman–Crippen LogP) is 1.80. The Balaban J connectivity index is 2.22. The van der Waals surface area contributed by atoms with Gasteiger partial charge < -0.3 is 16.5 Å². The van der Waals surface area contributed by atoms with Gasteiger partial charge >= 0.3 is 0 Å². The minimum absolute atomic E-state index is 0.0345. The molecule has 0 saturated carbocycles. The summed E-state index contributed by atoms with van der Waals surface area (Å²) in [6.07, 6.45) is 1.59. The molecule has 7 heteroatoms. The van der Waals surface area contributed by atoms with Crippen LogP contribution in [-0.2, 0) is 9.59 Å². The summed E-state index contributed by atoms with van der Waals surface area (Å²) in [6, 6.07) is 7.70. The van der Waals surface area contributed by atoms with E-state index >= 15 is 0 Å². The SMILES string of the molecule is CCCC(Sc1nc2ccccc2[nH]1)C(CC(N)=O)C(N)=O. The van der Waals surface area contributed by atoms with Crippen LogP contribution in [0.1, 0.15) is 26.2 Å². The Morgan fingerprint density at radius 1 is 1.32 bits per heavy atom. The van der Waals surface area contributed by atoms with E-state index in [0.29, 0.717) is 0 Å². The van der Waals surface area contributed by atoms with Gasteiger partial charge in [0.05, 0.1) is 17.0 Å². The van der Waals surface area contributed by atoms with Gasteiger partial charge in [0.15, 0.2) is 5.16 Å². The number of aromatic nitrogens is 2. The van der Waals surface area contributed by atoms with E-state index in [1.54, 1.807) is 0 Å². The lowest BCUT2D eigenvalue weighted by Crippen LogP contribution is -2.35. The van der Waals surface area contributed by atoms with Crippen molar-refractivity contribution in [2.45, 2.75) is 36.6 Å². The number of carbonyl (C=O) groups excluding carboxylic acids is 2. The van der Waals surface area contributed by atoms with E-state index < -0.39 is 17.7 Å². The van der Waals surface area contributed by atoms with Crippen LogP contribution in [0.5, 0.6) is 0 Å². The number of hydrogen-bond donors (Lipinski definition) is 3. The first-order valence-corrected chi connectivity index (χ1v) is 8.08. The quantitative estimate of drug-likeness (QED) is 0.643. The van der Waals surface area contributed by atoms with Gasteiger partial charge in [-0.1, -0.05) is 37.2 Å². The van der Waals surface area contributed by atoms with Gasteiger partial charge in [-0.05, 0) is 18.6 Å². The molecule has 0 aliphatic rings. The van der Waals surface area contributed by atoms with Crippen molar-refractivity contribution in [2.75, 3.05) is 0 Å². The number of carbonyl (C=O) groups is 2. The maximum absolute atomic E-state index is 11.7. The van der Waals surface area contributed by atoms with E-state index in [0.717, 1.165) is 29.0 Å². The zero-order valence-corrected chi connectivity index (χ0v) is 13.2. The molecule has 22 heavy (non-hydrogen) atoms. The van der Waals surface area contributed by atoms with Gasteiger partial charge in [-0.3, -0.25) is 9.59 Å². The number of para-hydroxylation sites is 2. The third-order valence-corrected chi connectivity index (χ3v) is 4.72. The number of thioether (sulfide) groups is 1. The van der Waals surface area contributed by atoms with Gasteiger partial charge in [-0.2, -0.15) is 0 Å². The first kappa shape index (κ1) is 16.4. The highest BCUT2D eigenvalue weighted by molar-refractivity contribution is 7.99. The Kier molecular flexibility index (Phi) is 5.43. The molecule has 0 aliphatic carbocycles. The number of nitrogens with zero attached hydrogens (tertiary/aromatic N) is 1. The fraction of sp³-hybridized carbons (Fsp3) is 0.400. The molecule has 5 N–H and O–H groups in total. The molecule has 2 atom stereocenters. The van der Waals surface area contributed by atoms with Crippen LogP contribution in [0.4, 0.5) is 0 Å². The van der Waals surface area contributed by atoms with Gasteiger partial charge in [0.2, 0.25) is 11.8 Å². The van der Waals surface area contributed by atoms with Crippen LogP contribution in [0.15, 0.2) is 29.4 Å². The molecule has 1 heterocycles. The van der Waals surface area contributed by atoms with Gasteiger partial charge in [0, 0.05) is 11.7 Å². The number of amides is 2. The number of nitrogens with one attached hydrogen (secondary N) is 1. The average molecular weight is 320 g/mol. The Bertz CT molecular complexity index is 637. The number of primary amides is 2. The van der Waals surface area contributed by atoms with E-state index in [4.69, 9.17) is 11.5 Å². The van der Waals surface area contributed by atoms with Crippen molar-refractivity contribution >= 4 is 34.6 Å². The number of hydrogen-bond acceptors (Lipinski definition) is 4. The number of aromatic amines is 1. The topological polar surface area (TPSA) is 115 Å². The number of H-pyrrole nitrogens is 1. The number of nitrogens with two attached hydrogens (primary N) is 2. The lowest BCUT2D eigenvalue weighted by atomic mass is 9.97. The second-order valence-electron chi connectivity index (χ2n) is 5.18. The Morgan fingerprint density at radius 2 is 2.05 bits per heavy atom. The predicted molar refractivity (Wildman–Crippen MR) is 87.1 cm³/mol. The highest BCUT2D eigenvalue weighted by atomic mass is 32.2. The highest BCUT2D eigenvalue weighted by Gasteiger charge is 2.29. The number of fused-ring (bicyclic) bond motifs is 1. The van der Waals surface area contributed by atoms with Crippen molar-refractivity contribution in [2.24, 2.45) is 17.4 Å². The zero-order valence-electron chi connectivity index (χ0n) is 12.4. The summed E-state index contributed by atoms with van der Waals surface area (Å²) < 4.78 is 0. The molecule has 0 radical (unpaired) electrons.